The molecule has 0 aliphatic heterocycles. The summed E-state index contributed by atoms with van der Waals surface area (Å²) >= 11 is 0. The molecule has 6 nitrogen and oxygen atoms in total. The molecular formula is C22H32N4O2S. The zero-order valence-corrected chi connectivity index (χ0v) is 18.8. The number of rotatable bonds is 8. The van der Waals surface area contributed by atoms with Crippen LogP contribution in [0.25, 0.3) is 0 Å². The van der Waals surface area contributed by atoms with Crippen LogP contribution in [0.2, 0.25) is 0 Å². The number of likely N-dealkylation sites (N-methyl/N-ethyl adjacent to an activating group) is 1. The lowest BCUT2D eigenvalue weighted by Gasteiger charge is -2.26. The van der Waals surface area contributed by atoms with Crippen molar-refractivity contribution in [1.82, 2.24) is 15.5 Å². The highest BCUT2D eigenvalue weighted by molar-refractivity contribution is 7.90. The molecule has 1 unspecified atom stereocenters. The molecule has 0 amide bonds. The minimum Gasteiger partial charge on any atom is -0.355 e. The summed E-state index contributed by atoms with van der Waals surface area (Å²) < 4.78 is 23.5. The maximum Gasteiger partial charge on any atom is 0.191 e. The van der Waals surface area contributed by atoms with Crippen LogP contribution in [0.4, 0.5) is 0 Å². The molecule has 0 saturated heterocycles. The number of aryl methyl sites for hydroxylation is 1. The summed E-state index contributed by atoms with van der Waals surface area (Å²) in [6.07, 6.45) is 1.23. The molecule has 29 heavy (non-hydrogen) atoms. The molecule has 0 radical (unpaired) electrons. The number of hydrogen-bond acceptors (Lipinski definition) is 4. The Balaban J connectivity index is 1.85. The molecule has 7 heteroatoms. The van der Waals surface area contributed by atoms with Crippen molar-refractivity contribution in [2.75, 3.05) is 26.9 Å². The van der Waals surface area contributed by atoms with Crippen LogP contribution in [0.5, 0.6) is 0 Å². The number of hydrogen-bond donors (Lipinski definition) is 2. The van der Waals surface area contributed by atoms with Gasteiger partial charge in [0.15, 0.2) is 15.8 Å². The van der Waals surface area contributed by atoms with E-state index < -0.39 is 9.84 Å². The first-order valence-electron chi connectivity index (χ1n) is 9.69. The topological polar surface area (TPSA) is 73.8 Å². The maximum absolute atomic E-state index is 11.7. The third-order valence-corrected chi connectivity index (χ3v) is 6.17. The lowest BCUT2D eigenvalue weighted by molar-refractivity contribution is 0.249. The molecule has 0 aliphatic carbocycles. The standard InChI is InChI=1S/C22H32N4O2S/c1-17-13-20(11-12-21(17)29(5,27)28)15-25-22(23-3)24-14-18(2)26(4)16-19-9-7-6-8-10-19/h6-13,18H,14-16H2,1-5H3,(H2,23,24,25). The fourth-order valence-electron chi connectivity index (χ4n) is 3.07. The second-order valence-electron chi connectivity index (χ2n) is 7.43. The SMILES string of the molecule is CN=C(NCc1ccc(S(C)(=O)=O)c(C)c1)NCC(C)N(C)Cc1ccccc1. The normalized spacial score (nSPS) is 13.4. The first kappa shape index (κ1) is 22.9. The van der Waals surface area contributed by atoms with Gasteiger partial charge in [-0.3, -0.25) is 9.89 Å². The number of nitrogens with zero attached hydrogens (tertiary/aromatic N) is 2. The average Bonchev–Trinajstić information content (AvgIpc) is 2.67. The van der Waals surface area contributed by atoms with Crippen LogP contribution in [-0.4, -0.2) is 52.2 Å². The number of sulfone groups is 1. The van der Waals surface area contributed by atoms with E-state index in [4.69, 9.17) is 0 Å². The maximum atomic E-state index is 11.7. The predicted molar refractivity (Wildman–Crippen MR) is 120 cm³/mol. The zero-order valence-electron chi connectivity index (χ0n) is 17.9. The molecule has 0 heterocycles. The summed E-state index contributed by atoms with van der Waals surface area (Å²) in [5.74, 6) is 0.717. The van der Waals surface area contributed by atoms with Crippen LogP contribution >= 0.6 is 0 Å². The van der Waals surface area contributed by atoms with Crippen LogP contribution in [0.1, 0.15) is 23.6 Å². The van der Waals surface area contributed by atoms with Gasteiger partial charge < -0.3 is 10.6 Å². The van der Waals surface area contributed by atoms with Gasteiger partial charge in [-0.15, -0.1) is 0 Å². The van der Waals surface area contributed by atoms with Gasteiger partial charge in [0, 0.05) is 39.0 Å². The van der Waals surface area contributed by atoms with Crippen LogP contribution in [0.3, 0.4) is 0 Å². The van der Waals surface area contributed by atoms with E-state index in [-0.39, 0.29) is 0 Å². The summed E-state index contributed by atoms with van der Waals surface area (Å²) in [5, 5.41) is 6.64. The molecule has 0 fully saturated rings. The van der Waals surface area contributed by atoms with Gasteiger partial charge in [0.1, 0.15) is 0 Å². The number of guanidine groups is 1. The largest absolute Gasteiger partial charge is 0.355 e. The third-order valence-electron chi connectivity index (χ3n) is 4.91. The van der Waals surface area contributed by atoms with Gasteiger partial charge in [0.25, 0.3) is 0 Å². The molecule has 2 aromatic rings. The van der Waals surface area contributed by atoms with Crippen molar-refractivity contribution in [3.63, 3.8) is 0 Å². The van der Waals surface area contributed by atoms with E-state index in [1.807, 2.05) is 25.1 Å². The zero-order chi connectivity index (χ0) is 21.4. The highest BCUT2D eigenvalue weighted by atomic mass is 32.2. The Hall–Kier alpha value is -2.38. The van der Waals surface area contributed by atoms with Crippen molar-refractivity contribution >= 4 is 15.8 Å². The van der Waals surface area contributed by atoms with Crippen LogP contribution < -0.4 is 10.6 Å². The summed E-state index contributed by atoms with van der Waals surface area (Å²) in [5.41, 5.74) is 3.05. The summed E-state index contributed by atoms with van der Waals surface area (Å²) in [4.78, 5) is 6.95. The van der Waals surface area contributed by atoms with Gasteiger partial charge in [-0.1, -0.05) is 42.5 Å². The molecule has 0 bridgehead atoms. The Kier molecular flexibility index (Phi) is 8.22. The van der Waals surface area contributed by atoms with Gasteiger partial charge in [-0.05, 0) is 43.7 Å². The fraction of sp³-hybridized carbons (Fsp3) is 0.409. The Bertz CT molecular complexity index is 927. The fourth-order valence-corrected chi connectivity index (χ4v) is 4.03. The van der Waals surface area contributed by atoms with Crippen LogP contribution in [0.15, 0.2) is 58.4 Å². The number of nitrogens with one attached hydrogen (secondary N) is 2. The van der Waals surface area contributed by atoms with Gasteiger partial charge in [-0.2, -0.15) is 0 Å². The molecule has 2 aromatic carbocycles. The van der Waals surface area contributed by atoms with Crippen molar-refractivity contribution in [3.05, 3.63) is 65.2 Å². The summed E-state index contributed by atoms with van der Waals surface area (Å²) in [7, 11) is 0.658. The monoisotopic (exact) mass is 416 g/mol. The molecular weight excluding hydrogens is 384 g/mol. The molecule has 0 spiro atoms. The van der Waals surface area contributed by atoms with Crippen molar-refractivity contribution in [2.45, 2.75) is 37.9 Å². The number of benzene rings is 2. The second-order valence-corrected chi connectivity index (χ2v) is 9.41. The molecule has 1 atom stereocenters. The molecule has 158 valence electrons. The minimum atomic E-state index is -3.20. The smallest absolute Gasteiger partial charge is 0.191 e. The van der Waals surface area contributed by atoms with Gasteiger partial charge in [0.2, 0.25) is 0 Å². The average molecular weight is 417 g/mol. The Morgan fingerprint density at radius 3 is 2.38 bits per heavy atom. The van der Waals surface area contributed by atoms with E-state index in [0.29, 0.717) is 17.5 Å². The lowest BCUT2D eigenvalue weighted by atomic mass is 10.1. The molecule has 0 saturated carbocycles. The van der Waals surface area contributed by atoms with Crippen LogP contribution in [0, 0.1) is 6.92 Å². The van der Waals surface area contributed by atoms with Crippen molar-refractivity contribution in [1.29, 1.82) is 0 Å². The Labute approximate surface area is 175 Å². The minimum absolute atomic E-state index is 0.324. The molecule has 2 rings (SSSR count). The van der Waals surface area contributed by atoms with Crippen molar-refractivity contribution in [2.24, 2.45) is 4.99 Å². The highest BCUT2D eigenvalue weighted by Gasteiger charge is 2.12. The van der Waals surface area contributed by atoms with Crippen LogP contribution in [-0.2, 0) is 22.9 Å². The first-order chi connectivity index (χ1) is 13.7. The Morgan fingerprint density at radius 2 is 1.79 bits per heavy atom. The summed E-state index contributed by atoms with van der Waals surface area (Å²) in [6.45, 7) is 6.21. The quantitative estimate of drug-likeness (QED) is 0.511. The van der Waals surface area contributed by atoms with Gasteiger partial charge in [-0.25, -0.2) is 8.42 Å². The predicted octanol–water partition coefficient (Wildman–Crippen LogP) is 2.58. The highest BCUT2D eigenvalue weighted by Crippen LogP contribution is 2.16. The van der Waals surface area contributed by atoms with Crippen molar-refractivity contribution in [3.8, 4) is 0 Å². The van der Waals surface area contributed by atoms with E-state index in [1.165, 1.54) is 11.8 Å². The third kappa shape index (κ3) is 7.18. The van der Waals surface area contributed by atoms with E-state index in [1.54, 1.807) is 13.1 Å². The van der Waals surface area contributed by atoms with Crippen molar-refractivity contribution < 1.29 is 8.42 Å². The molecule has 0 aromatic heterocycles. The molecule has 0 aliphatic rings. The van der Waals surface area contributed by atoms with E-state index in [9.17, 15) is 8.42 Å². The number of aliphatic imine (C=N–C) groups is 1. The second kappa shape index (κ2) is 10.4. The van der Waals surface area contributed by atoms with E-state index in [2.05, 4.69) is 58.8 Å². The summed E-state index contributed by atoms with van der Waals surface area (Å²) in [6, 6.07) is 16.1. The van der Waals surface area contributed by atoms with E-state index >= 15 is 0 Å². The molecule has 2 N–H and O–H groups in total. The first-order valence-corrected chi connectivity index (χ1v) is 11.6. The van der Waals surface area contributed by atoms with E-state index in [0.717, 1.165) is 30.2 Å². The lowest BCUT2D eigenvalue weighted by Crippen LogP contribution is -2.44. The Morgan fingerprint density at radius 1 is 1.10 bits per heavy atom. The van der Waals surface area contributed by atoms with Gasteiger partial charge >= 0.3 is 0 Å². The van der Waals surface area contributed by atoms with Gasteiger partial charge in [0.05, 0.1) is 4.90 Å².